The van der Waals surface area contributed by atoms with Gasteiger partial charge in [-0.3, -0.25) is 4.79 Å². The smallest absolute Gasteiger partial charge is 0.254 e. The Morgan fingerprint density at radius 1 is 1.28 bits per heavy atom. The number of hydrogen-bond acceptors (Lipinski definition) is 2. The number of nitrogens with one attached hydrogen (secondary N) is 1. The van der Waals surface area contributed by atoms with Crippen molar-refractivity contribution in [3.8, 4) is 11.4 Å². The molecule has 0 aliphatic heterocycles. The maximum atomic E-state index is 12.1. The van der Waals surface area contributed by atoms with Gasteiger partial charge in [-0.2, -0.15) is 0 Å². The summed E-state index contributed by atoms with van der Waals surface area (Å²) in [5.74, 6) is 0.781. The van der Waals surface area contributed by atoms with Crippen LogP contribution in [-0.4, -0.2) is 9.97 Å². The van der Waals surface area contributed by atoms with Gasteiger partial charge < -0.3 is 4.98 Å². The number of hydrogen-bond donors (Lipinski definition) is 1. The molecule has 0 amide bonds. The number of halogens is 1. The van der Waals surface area contributed by atoms with Gasteiger partial charge in [0.15, 0.2) is 0 Å². The van der Waals surface area contributed by atoms with Crippen LogP contribution >= 0.6 is 15.9 Å². The zero-order valence-electron chi connectivity index (χ0n) is 10.6. The summed E-state index contributed by atoms with van der Waals surface area (Å²) < 4.78 is 0.921. The molecule has 3 nitrogen and oxygen atoms in total. The van der Waals surface area contributed by atoms with Crippen LogP contribution in [0.15, 0.2) is 33.5 Å². The van der Waals surface area contributed by atoms with Crippen LogP contribution in [0.3, 0.4) is 0 Å². The first kappa shape index (κ1) is 13.0. The summed E-state index contributed by atoms with van der Waals surface area (Å²) in [6.45, 7) is 5.87. The molecule has 2 rings (SSSR count). The van der Waals surface area contributed by atoms with Crippen LogP contribution in [-0.2, 0) is 0 Å². The Morgan fingerprint density at radius 3 is 2.50 bits per heavy atom. The molecule has 0 saturated carbocycles. The number of nitrogens with zero attached hydrogens (tertiary/aromatic N) is 1. The molecule has 94 valence electrons. The molecule has 0 radical (unpaired) electrons. The summed E-state index contributed by atoms with van der Waals surface area (Å²) in [4.78, 5) is 19.4. The van der Waals surface area contributed by atoms with Crippen LogP contribution in [0.2, 0.25) is 0 Å². The van der Waals surface area contributed by atoms with Gasteiger partial charge in [-0.05, 0) is 18.9 Å². The van der Waals surface area contributed by atoms with Gasteiger partial charge in [0, 0.05) is 21.3 Å². The van der Waals surface area contributed by atoms with Gasteiger partial charge in [-0.1, -0.05) is 48.0 Å². The Labute approximate surface area is 114 Å². The van der Waals surface area contributed by atoms with Gasteiger partial charge in [0.05, 0.1) is 0 Å². The molecule has 0 unspecified atom stereocenters. The molecule has 0 aliphatic carbocycles. The van der Waals surface area contributed by atoms with E-state index >= 15 is 0 Å². The summed E-state index contributed by atoms with van der Waals surface area (Å²) >= 11 is 3.47. The maximum Gasteiger partial charge on any atom is 0.254 e. The molecule has 0 saturated heterocycles. The second-order valence-corrected chi connectivity index (χ2v) is 5.40. The van der Waals surface area contributed by atoms with Gasteiger partial charge in [-0.15, -0.1) is 0 Å². The largest absolute Gasteiger partial charge is 0.306 e. The predicted octanol–water partition coefficient (Wildman–Crippen LogP) is 3.63. The lowest BCUT2D eigenvalue weighted by molar-refractivity contribution is 0.815. The van der Waals surface area contributed by atoms with Crippen LogP contribution in [0, 0.1) is 6.92 Å². The van der Waals surface area contributed by atoms with E-state index in [0.717, 1.165) is 21.3 Å². The molecule has 1 heterocycles. The van der Waals surface area contributed by atoms with Gasteiger partial charge in [0.1, 0.15) is 5.82 Å². The fraction of sp³-hybridized carbons (Fsp3) is 0.286. The van der Waals surface area contributed by atoms with Crippen molar-refractivity contribution >= 4 is 15.9 Å². The lowest BCUT2D eigenvalue weighted by Crippen LogP contribution is -2.18. The van der Waals surface area contributed by atoms with Crippen LogP contribution in [0.4, 0.5) is 0 Å². The molecule has 0 spiro atoms. The molecular weight excluding hydrogens is 292 g/mol. The quantitative estimate of drug-likeness (QED) is 0.921. The Balaban J connectivity index is 2.63. The van der Waals surface area contributed by atoms with Crippen molar-refractivity contribution in [3.05, 3.63) is 50.3 Å². The molecule has 0 atom stereocenters. The first-order chi connectivity index (χ1) is 8.50. The highest BCUT2D eigenvalue weighted by Gasteiger charge is 2.13. The fourth-order valence-corrected chi connectivity index (χ4v) is 2.53. The molecule has 18 heavy (non-hydrogen) atoms. The summed E-state index contributed by atoms with van der Waals surface area (Å²) in [6, 6.07) is 7.71. The zero-order valence-corrected chi connectivity index (χ0v) is 12.2. The van der Waals surface area contributed by atoms with Crippen molar-refractivity contribution in [3.63, 3.8) is 0 Å². The Morgan fingerprint density at radius 2 is 1.94 bits per heavy atom. The topological polar surface area (TPSA) is 45.8 Å². The maximum absolute atomic E-state index is 12.1. The number of aromatic nitrogens is 2. The number of H-pyrrole nitrogens is 1. The van der Waals surface area contributed by atoms with E-state index in [4.69, 9.17) is 0 Å². The zero-order chi connectivity index (χ0) is 13.3. The van der Waals surface area contributed by atoms with E-state index in [1.807, 2.05) is 45.0 Å². The van der Waals surface area contributed by atoms with Crippen molar-refractivity contribution in [1.29, 1.82) is 0 Å². The molecule has 0 aliphatic rings. The minimum Gasteiger partial charge on any atom is -0.306 e. The highest BCUT2D eigenvalue weighted by atomic mass is 79.9. The SMILES string of the molecule is Cc1nc(-c2ccccc2Br)[nH]c(=O)c1C(C)C. The van der Waals surface area contributed by atoms with E-state index < -0.39 is 0 Å². The normalized spacial score (nSPS) is 10.9. The van der Waals surface area contributed by atoms with Gasteiger partial charge in [0.2, 0.25) is 0 Å². The van der Waals surface area contributed by atoms with Crippen molar-refractivity contribution in [2.24, 2.45) is 0 Å². The average molecular weight is 307 g/mol. The molecule has 2 aromatic rings. The van der Waals surface area contributed by atoms with Gasteiger partial charge in [-0.25, -0.2) is 4.98 Å². The molecule has 0 bridgehead atoms. The highest BCUT2D eigenvalue weighted by molar-refractivity contribution is 9.10. The summed E-state index contributed by atoms with van der Waals surface area (Å²) in [5, 5.41) is 0. The fourth-order valence-electron chi connectivity index (χ4n) is 2.06. The van der Waals surface area contributed by atoms with Crippen molar-refractivity contribution in [1.82, 2.24) is 9.97 Å². The molecule has 0 fully saturated rings. The van der Waals surface area contributed by atoms with Crippen LogP contribution in [0.1, 0.15) is 31.0 Å². The second kappa shape index (κ2) is 5.06. The third kappa shape index (κ3) is 2.38. The van der Waals surface area contributed by atoms with E-state index in [2.05, 4.69) is 25.9 Å². The predicted molar refractivity (Wildman–Crippen MR) is 76.8 cm³/mol. The van der Waals surface area contributed by atoms with E-state index in [1.165, 1.54) is 0 Å². The first-order valence-electron chi connectivity index (χ1n) is 5.86. The van der Waals surface area contributed by atoms with Crippen molar-refractivity contribution < 1.29 is 0 Å². The monoisotopic (exact) mass is 306 g/mol. The summed E-state index contributed by atoms with van der Waals surface area (Å²) in [5.41, 5.74) is 2.39. The molecule has 1 aromatic carbocycles. The van der Waals surface area contributed by atoms with Crippen molar-refractivity contribution in [2.45, 2.75) is 26.7 Å². The van der Waals surface area contributed by atoms with Gasteiger partial charge >= 0.3 is 0 Å². The van der Waals surface area contributed by atoms with E-state index in [1.54, 1.807) is 0 Å². The minimum absolute atomic E-state index is 0.0525. The molecule has 1 N–H and O–H groups in total. The number of rotatable bonds is 2. The third-order valence-corrected chi connectivity index (χ3v) is 3.54. The number of benzene rings is 1. The highest BCUT2D eigenvalue weighted by Crippen LogP contribution is 2.25. The van der Waals surface area contributed by atoms with E-state index in [-0.39, 0.29) is 11.5 Å². The Hall–Kier alpha value is -1.42. The van der Waals surface area contributed by atoms with E-state index in [0.29, 0.717) is 5.82 Å². The number of aromatic amines is 1. The van der Waals surface area contributed by atoms with Crippen LogP contribution < -0.4 is 5.56 Å². The molecular formula is C14H15BrN2O. The van der Waals surface area contributed by atoms with Crippen LogP contribution in [0.5, 0.6) is 0 Å². The first-order valence-corrected chi connectivity index (χ1v) is 6.65. The second-order valence-electron chi connectivity index (χ2n) is 4.55. The standard InChI is InChI=1S/C14H15BrN2O/c1-8(2)12-9(3)16-13(17-14(12)18)10-6-4-5-7-11(10)15/h4-8H,1-3H3,(H,16,17,18). The lowest BCUT2D eigenvalue weighted by atomic mass is 10.0. The van der Waals surface area contributed by atoms with Gasteiger partial charge in [0.25, 0.3) is 5.56 Å². The lowest BCUT2D eigenvalue weighted by Gasteiger charge is -2.10. The minimum atomic E-state index is -0.0525. The average Bonchev–Trinajstić information content (AvgIpc) is 2.27. The summed E-state index contributed by atoms with van der Waals surface area (Å²) in [7, 11) is 0. The molecule has 4 heteroatoms. The number of aryl methyl sites for hydroxylation is 1. The molecule has 1 aromatic heterocycles. The summed E-state index contributed by atoms with van der Waals surface area (Å²) in [6.07, 6.45) is 0. The van der Waals surface area contributed by atoms with Crippen molar-refractivity contribution in [2.75, 3.05) is 0 Å². The van der Waals surface area contributed by atoms with Crippen LogP contribution in [0.25, 0.3) is 11.4 Å². The Kier molecular flexibility index (Phi) is 3.66. The third-order valence-electron chi connectivity index (χ3n) is 2.85. The Bertz CT molecular complexity index is 632. The van der Waals surface area contributed by atoms with E-state index in [9.17, 15) is 4.79 Å².